The van der Waals surface area contributed by atoms with Gasteiger partial charge >= 0.3 is 0 Å². The molecule has 1 aliphatic rings. The van der Waals surface area contributed by atoms with E-state index in [2.05, 4.69) is 10.6 Å². The first kappa shape index (κ1) is 13.5. The van der Waals surface area contributed by atoms with Gasteiger partial charge in [0.2, 0.25) is 5.91 Å². The van der Waals surface area contributed by atoms with Crippen LogP contribution in [-0.2, 0) is 4.79 Å². The summed E-state index contributed by atoms with van der Waals surface area (Å²) in [5, 5.41) is 16.8. The van der Waals surface area contributed by atoms with Gasteiger partial charge < -0.3 is 10.6 Å². The summed E-state index contributed by atoms with van der Waals surface area (Å²) in [5.41, 5.74) is 0.465. The molecule has 0 bridgehead atoms. The Morgan fingerprint density at radius 3 is 2.84 bits per heavy atom. The third kappa shape index (κ3) is 2.73. The van der Waals surface area contributed by atoms with Crippen molar-refractivity contribution >= 4 is 17.3 Å². The first-order valence-electron chi connectivity index (χ1n) is 6.24. The Labute approximate surface area is 111 Å². The molecule has 0 aromatic heterocycles. The molecular weight excluding hydrogens is 246 g/mol. The van der Waals surface area contributed by atoms with E-state index in [1.165, 1.54) is 6.07 Å². The lowest BCUT2D eigenvalue weighted by atomic mass is 9.99. The normalized spacial score (nSPS) is 22.2. The molecule has 1 heterocycles. The van der Waals surface area contributed by atoms with Gasteiger partial charge in [-0.2, -0.15) is 0 Å². The molecule has 0 aliphatic carbocycles. The maximum absolute atomic E-state index is 12.2. The molecule has 102 valence electrons. The van der Waals surface area contributed by atoms with Crippen LogP contribution in [0, 0.1) is 17.0 Å². The lowest BCUT2D eigenvalue weighted by Crippen LogP contribution is -2.47. The van der Waals surface area contributed by atoms with E-state index in [0.29, 0.717) is 11.3 Å². The molecule has 2 rings (SSSR count). The van der Waals surface area contributed by atoms with Crippen molar-refractivity contribution in [3.8, 4) is 0 Å². The van der Waals surface area contributed by atoms with E-state index in [9.17, 15) is 14.9 Å². The number of carbonyl (C=O) groups excluding carboxylic acids is 1. The van der Waals surface area contributed by atoms with Crippen LogP contribution in [0.15, 0.2) is 18.2 Å². The molecule has 1 atom stereocenters. The van der Waals surface area contributed by atoms with E-state index in [1.807, 2.05) is 6.92 Å². The van der Waals surface area contributed by atoms with E-state index in [0.717, 1.165) is 19.4 Å². The van der Waals surface area contributed by atoms with Crippen molar-refractivity contribution in [1.29, 1.82) is 0 Å². The minimum atomic E-state index is -0.584. The molecule has 1 aromatic rings. The standard InChI is InChI=1S/C13H17N3O3/c1-9-4-5-10(8-11(9)16(18)19)15-12(17)13(2)6-3-7-14-13/h4-5,8,14H,3,6-7H2,1-2H3,(H,15,17). The number of carbonyl (C=O) groups is 1. The molecule has 1 aliphatic heterocycles. The fourth-order valence-electron chi connectivity index (χ4n) is 2.24. The molecular formula is C13H17N3O3. The molecule has 19 heavy (non-hydrogen) atoms. The van der Waals surface area contributed by atoms with Crippen LogP contribution in [0.25, 0.3) is 0 Å². The predicted molar refractivity (Wildman–Crippen MR) is 72.1 cm³/mol. The largest absolute Gasteiger partial charge is 0.324 e. The van der Waals surface area contributed by atoms with Crippen molar-refractivity contribution in [1.82, 2.24) is 5.32 Å². The zero-order chi connectivity index (χ0) is 14.0. The number of nitrogens with one attached hydrogen (secondary N) is 2. The summed E-state index contributed by atoms with van der Waals surface area (Å²) >= 11 is 0. The van der Waals surface area contributed by atoms with Crippen LogP contribution < -0.4 is 10.6 Å². The fraction of sp³-hybridized carbons (Fsp3) is 0.462. The minimum Gasteiger partial charge on any atom is -0.324 e. The highest BCUT2D eigenvalue weighted by Crippen LogP contribution is 2.25. The van der Waals surface area contributed by atoms with Gasteiger partial charge in [-0.05, 0) is 39.3 Å². The summed E-state index contributed by atoms with van der Waals surface area (Å²) < 4.78 is 0. The summed E-state index contributed by atoms with van der Waals surface area (Å²) in [6.07, 6.45) is 1.73. The lowest BCUT2D eigenvalue weighted by molar-refractivity contribution is -0.385. The van der Waals surface area contributed by atoms with Gasteiger partial charge in [0, 0.05) is 17.3 Å². The molecule has 1 aromatic carbocycles. The zero-order valence-corrected chi connectivity index (χ0v) is 11.0. The van der Waals surface area contributed by atoms with Gasteiger partial charge in [0.25, 0.3) is 5.69 Å². The number of anilines is 1. The van der Waals surface area contributed by atoms with Gasteiger partial charge in [-0.3, -0.25) is 14.9 Å². The Morgan fingerprint density at radius 2 is 2.26 bits per heavy atom. The highest BCUT2D eigenvalue weighted by atomic mass is 16.6. The van der Waals surface area contributed by atoms with Crippen molar-refractivity contribution in [2.24, 2.45) is 0 Å². The fourth-order valence-corrected chi connectivity index (χ4v) is 2.24. The average Bonchev–Trinajstić information content (AvgIpc) is 2.79. The molecule has 1 saturated heterocycles. The lowest BCUT2D eigenvalue weighted by Gasteiger charge is -2.23. The smallest absolute Gasteiger partial charge is 0.274 e. The second-order valence-corrected chi connectivity index (χ2v) is 5.07. The molecule has 2 N–H and O–H groups in total. The van der Waals surface area contributed by atoms with Gasteiger partial charge in [-0.1, -0.05) is 6.07 Å². The number of hydrogen-bond acceptors (Lipinski definition) is 4. The Hall–Kier alpha value is -1.95. The summed E-state index contributed by atoms with van der Waals surface area (Å²) in [6, 6.07) is 4.71. The summed E-state index contributed by atoms with van der Waals surface area (Å²) in [7, 11) is 0. The number of hydrogen-bond donors (Lipinski definition) is 2. The Morgan fingerprint density at radius 1 is 1.53 bits per heavy atom. The van der Waals surface area contributed by atoms with Crippen LogP contribution in [0.1, 0.15) is 25.3 Å². The second-order valence-electron chi connectivity index (χ2n) is 5.07. The van der Waals surface area contributed by atoms with Crippen molar-refractivity contribution in [3.63, 3.8) is 0 Å². The minimum absolute atomic E-state index is 0.0161. The van der Waals surface area contributed by atoms with Gasteiger partial charge in [0.15, 0.2) is 0 Å². The summed E-state index contributed by atoms with van der Waals surface area (Å²) in [4.78, 5) is 22.6. The first-order valence-corrected chi connectivity index (χ1v) is 6.24. The molecule has 6 nitrogen and oxygen atoms in total. The molecule has 0 saturated carbocycles. The quantitative estimate of drug-likeness (QED) is 0.645. The number of nitrogens with zero attached hydrogens (tertiary/aromatic N) is 1. The van der Waals surface area contributed by atoms with Crippen LogP contribution >= 0.6 is 0 Å². The predicted octanol–water partition coefficient (Wildman–Crippen LogP) is 1.98. The van der Waals surface area contributed by atoms with Crippen molar-refractivity contribution in [2.75, 3.05) is 11.9 Å². The Balaban J connectivity index is 2.17. The van der Waals surface area contributed by atoms with Crippen LogP contribution in [0.2, 0.25) is 0 Å². The highest BCUT2D eigenvalue weighted by Gasteiger charge is 2.35. The SMILES string of the molecule is Cc1ccc(NC(=O)C2(C)CCCN2)cc1[N+](=O)[O-]. The van der Waals surface area contributed by atoms with Crippen LogP contribution in [-0.4, -0.2) is 22.9 Å². The molecule has 6 heteroatoms. The number of nitro groups is 1. The van der Waals surface area contributed by atoms with Crippen molar-refractivity contribution in [2.45, 2.75) is 32.2 Å². The number of nitro benzene ring substituents is 1. The van der Waals surface area contributed by atoms with E-state index in [1.54, 1.807) is 19.1 Å². The van der Waals surface area contributed by atoms with Gasteiger partial charge in [0.05, 0.1) is 10.5 Å². The topological polar surface area (TPSA) is 84.3 Å². The van der Waals surface area contributed by atoms with Crippen LogP contribution in [0.5, 0.6) is 0 Å². The molecule has 1 amide bonds. The van der Waals surface area contributed by atoms with E-state index < -0.39 is 10.5 Å². The first-order chi connectivity index (χ1) is 8.92. The number of amides is 1. The van der Waals surface area contributed by atoms with Crippen molar-refractivity contribution in [3.05, 3.63) is 33.9 Å². The van der Waals surface area contributed by atoms with Crippen LogP contribution in [0.3, 0.4) is 0 Å². The summed E-state index contributed by atoms with van der Waals surface area (Å²) in [5.74, 6) is -0.150. The maximum atomic E-state index is 12.2. The number of benzene rings is 1. The second kappa shape index (κ2) is 4.97. The molecule has 0 spiro atoms. The van der Waals surface area contributed by atoms with E-state index in [-0.39, 0.29) is 11.6 Å². The van der Waals surface area contributed by atoms with Crippen LogP contribution in [0.4, 0.5) is 11.4 Å². The highest BCUT2D eigenvalue weighted by molar-refractivity contribution is 5.98. The monoisotopic (exact) mass is 263 g/mol. The third-order valence-corrected chi connectivity index (χ3v) is 3.53. The average molecular weight is 263 g/mol. The molecule has 0 radical (unpaired) electrons. The van der Waals surface area contributed by atoms with Crippen molar-refractivity contribution < 1.29 is 9.72 Å². The van der Waals surface area contributed by atoms with E-state index >= 15 is 0 Å². The number of aryl methyl sites for hydroxylation is 1. The van der Waals surface area contributed by atoms with Gasteiger partial charge in [-0.15, -0.1) is 0 Å². The van der Waals surface area contributed by atoms with E-state index in [4.69, 9.17) is 0 Å². The third-order valence-electron chi connectivity index (χ3n) is 3.53. The number of rotatable bonds is 3. The maximum Gasteiger partial charge on any atom is 0.274 e. The Kier molecular flexibility index (Phi) is 3.53. The van der Waals surface area contributed by atoms with Gasteiger partial charge in [0.1, 0.15) is 0 Å². The summed E-state index contributed by atoms with van der Waals surface area (Å²) in [6.45, 7) is 4.33. The van der Waals surface area contributed by atoms with Gasteiger partial charge in [-0.25, -0.2) is 0 Å². The molecule has 1 unspecified atom stereocenters. The zero-order valence-electron chi connectivity index (χ0n) is 11.0. The Bertz CT molecular complexity index is 522. The molecule has 1 fully saturated rings.